The summed E-state index contributed by atoms with van der Waals surface area (Å²) in [6, 6.07) is -5.02. The van der Waals surface area contributed by atoms with Gasteiger partial charge in [0, 0.05) is 12.2 Å². The van der Waals surface area contributed by atoms with Gasteiger partial charge in [0.1, 0.15) is 18.1 Å². The van der Waals surface area contributed by atoms with Gasteiger partial charge in [0.2, 0.25) is 23.6 Å². The summed E-state index contributed by atoms with van der Waals surface area (Å²) >= 11 is 3.90. The number of nitrogens with one attached hydrogen (secondary N) is 3. The van der Waals surface area contributed by atoms with Gasteiger partial charge in [-0.25, -0.2) is 4.79 Å². The first-order valence-corrected chi connectivity index (χ1v) is 10.4. The molecule has 0 aliphatic carbocycles. The Labute approximate surface area is 186 Å². The molecule has 0 bridgehead atoms. The second-order valence-electron chi connectivity index (χ2n) is 7.61. The van der Waals surface area contributed by atoms with Crippen molar-refractivity contribution < 1.29 is 34.2 Å². The zero-order valence-corrected chi connectivity index (χ0v) is 18.7. The molecule has 0 aromatic carbocycles. The second kappa shape index (κ2) is 13.8. The molecular formula is C18H33N5O7S. The molecule has 0 aromatic rings. The van der Waals surface area contributed by atoms with Gasteiger partial charge in [0.25, 0.3) is 0 Å². The molecule has 0 aliphatic heterocycles. The fourth-order valence-corrected chi connectivity index (χ4v) is 2.70. The van der Waals surface area contributed by atoms with Crippen molar-refractivity contribution >= 4 is 42.2 Å². The third-order valence-corrected chi connectivity index (χ3v) is 4.62. The first-order valence-electron chi connectivity index (χ1n) is 9.76. The highest BCUT2D eigenvalue weighted by Crippen LogP contribution is 2.07. The molecule has 0 fully saturated rings. The van der Waals surface area contributed by atoms with E-state index in [1.54, 1.807) is 13.8 Å². The van der Waals surface area contributed by atoms with Crippen LogP contribution < -0.4 is 27.4 Å². The molecule has 0 radical (unpaired) electrons. The van der Waals surface area contributed by atoms with Crippen molar-refractivity contribution in [2.45, 2.75) is 70.3 Å². The van der Waals surface area contributed by atoms with Gasteiger partial charge in [-0.3, -0.25) is 19.2 Å². The van der Waals surface area contributed by atoms with Crippen molar-refractivity contribution in [2.24, 2.45) is 17.4 Å². The van der Waals surface area contributed by atoms with E-state index in [9.17, 15) is 34.2 Å². The highest BCUT2D eigenvalue weighted by atomic mass is 32.1. The van der Waals surface area contributed by atoms with Crippen LogP contribution in [0.15, 0.2) is 0 Å². The highest BCUT2D eigenvalue weighted by molar-refractivity contribution is 7.80. The number of primary amides is 1. The van der Waals surface area contributed by atoms with E-state index in [0.29, 0.717) is 0 Å². The van der Waals surface area contributed by atoms with E-state index in [4.69, 9.17) is 11.5 Å². The number of hydrogen-bond donors (Lipinski definition) is 8. The monoisotopic (exact) mass is 463 g/mol. The third-order valence-electron chi connectivity index (χ3n) is 4.23. The van der Waals surface area contributed by atoms with E-state index in [2.05, 4.69) is 28.6 Å². The van der Waals surface area contributed by atoms with Crippen molar-refractivity contribution in [1.29, 1.82) is 0 Å². The van der Waals surface area contributed by atoms with Gasteiger partial charge in [-0.15, -0.1) is 0 Å². The molecule has 0 rings (SSSR count). The molecule has 178 valence electrons. The third kappa shape index (κ3) is 11.0. The van der Waals surface area contributed by atoms with E-state index in [1.165, 1.54) is 6.92 Å². The highest BCUT2D eigenvalue weighted by Gasteiger charge is 2.32. The number of amides is 4. The van der Waals surface area contributed by atoms with Gasteiger partial charge in [-0.1, -0.05) is 13.8 Å². The average Bonchev–Trinajstić information content (AvgIpc) is 2.66. The lowest BCUT2D eigenvalue weighted by Gasteiger charge is -2.26. The molecular weight excluding hydrogens is 430 g/mol. The zero-order chi connectivity index (χ0) is 24.3. The average molecular weight is 464 g/mol. The Morgan fingerprint density at radius 3 is 1.90 bits per heavy atom. The molecule has 0 aromatic heterocycles. The summed E-state index contributed by atoms with van der Waals surface area (Å²) in [7, 11) is 0. The Morgan fingerprint density at radius 1 is 0.935 bits per heavy atom. The fourth-order valence-electron chi connectivity index (χ4n) is 2.53. The van der Waals surface area contributed by atoms with Gasteiger partial charge >= 0.3 is 5.97 Å². The van der Waals surface area contributed by atoms with Gasteiger partial charge in [0.15, 0.2) is 0 Å². The number of aliphatic carboxylic acids is 1. The van der Waals surface area contributed by atoms with Crippen LogP contribution in [0.5, 0.6) is 0 Å². The van der Waals surface area contributed by atoms with Gasteiger partial charge < -0.3 is 37.6 Å². The minimum Gasteiger partial charge on any atom is -0.480 e. The number of carboxylic acid groups (broad SMARTS) is 1. The number of rotatable bonds is 14. The van der Waals surface area contributed by atoms with Gasteiger partial charge in [0.05, 0.1) is 12.1 Å². The lowest BCUT2D eigenvalue weighted by atomic mass is 10.0. The van der Waals surface area contributed by atoms with Crippen LogP contribution in [0.4, 0.5) is 0 Å². The summed E-state index contributed by atoms with van der Waals surface area (Å²) in [6.07, 6.45) is -1.66. The molecule has 0 spiro atoms. The molecule has 0 heterocycles. The molecule has 5 atom stereocenters. The molecule has 0 saturated carbocycles. The Kier molecular flexibility index (Phi) is 12.8. The fraction of sp³-hybridized carbons (Fsp3) is 0.722. The summed E-state index contributed by atoms with van der Waals surface area (Å²) in [5, 5.41) is 26.2. The maximum atomic E-state index is 12.7. The summed E-state index contributed by atoms with van der Waals surface area (Å²) < 4.78 is 0. The number of carboxylic acids is 1. The van der Waals surface area contributed by atoms with Crippen LogP contribution in [0.25, 0.3) is 0 Å². The van der Waals surface area contributed by atoms with Crippen molar-refractivity contribution in [1.82, 2.24) is 16.0 Å². The Morgan fingerprint density at radius 2 is 1.48 bits per heavy atom. The lowest BCUT2D eigenvalue weighted by molar-refractivity contribution is -0.143. The normalized spacial score (nSPS) is 15.8. The van der Waals surface area contributed by atoms with Crippen LogP contribution >= 0.6 is 12.6 Å². The van der Waals surface area contributed by atoms with Crippen LogP contribution in [-0.2, 0) is 24.0 Å². The summed E-state index contributed by atoms with van der Waals surface area (Å²) in [6.45, 7) is 4.78. The van der Waals surface area contributed by atoms with Crippen molar-refractivity contribution in [3.63, 3.8) is 0 Å². The Hall–Kier alpha value is -2.38. The minimum atomic E-state index is -1.51. The van der Waals surface area contributed by atoms with E-state index in [-0.39, 0.29) is 30.9 Å². The number of carbonyl (C=O) groups is 5. The number of aliphatic hydroxyl groups is 1. The zero-order valence-electron chi connectivity index (χ0n) is 17.8. The molecule has 13 heteroatoms. The molecule has 9 N–H and O–H groups in total. The van der Waals surface area contributed by atoms with E-state index in [0.717, 1.165) is 0 Å². The van der Waals surface area contributed by atoms with E-state index in [1.807, 2.05) is 0 Å². The van der Waals surface area contributed by atoms with Crippen molar-refractivity contribution in [3.05, 3.63) is 0 Å². The topological polar surface area (TPSA) is 214 Å². The predicted molar refractivity (Wildman–Crippen MR) is 115 cm³/mol. The Balaban J connectivity index is 5.43. The molecule has 0 aliphatic rings. The van der Waals surface area contributed by atoms with Gasteiger partial charge in [-0.2, -0.15) is 12.6 Å². The molecule has 31 heavy (non-hydrogen) atoms. The number of thiol groups is 1. The molecule has 12 nitrogen and oxygen atoms in total. The molecule has 4 amide bonds. The van der Waals surface area contributed by atoms with Crippen LogP contribution in [0, 0.1) is 5.92 Å². The molecule has 0 saturated heterocycles. The number of aliphatic hydroxyl groups excluding tert-OH is 1. The van der Waals surface area contributed by atoms with Crippen LogP contribution in [0.1, 0.15) is 40.0 Å². The van der Waals surface area contributed by atoms with Gasteiger partial charge in [-0.05, 0) is 25.7 Å². The summed E-state index contributed by atoms with van der Waals surface area (Å²) in [5.41, 5.74) is 10.7. The number of hydrogen-bond acceptors (Lipinski definition) is 8. The maximum absolute atomic E-state index is 12.7. The standard InChI is InChI=1S/C18H33N5O7S/c1-8(2)6-12(18(29)30)22-17(28)14(9(3)24)23-16(27)11(4-5-13(20)25)21-15(26)10(19)7-31/h8-12,14,24,31H,4-7,19H2,1-3H3,(H2,20,25)(H,21,26)(H,22,28)(H,23,27)(H,29,30). The predicted octanol–water partition coefficient (Wildman–Crippen LogP) is -2.53. The van der Waals surface area contributed by atoms with Crippen molar-refractivity contribution in [3.8, 4) is 0 Å². The molecule has 5 unspecified atom stereocenters. The largest absolute Gasteiger partial charge is 0.480 e. The second-order valence-corrected chi connectivity index (χ2v) is 7.98. The summed E-state index contributed by atoms with van der Waals surface area (Å²) in [4.78, 5) is 59.7. The number of carbonyl (C=O) groups excluding carboxylic acids is 4. The minimum absolute atomic E-state index is 0.00112. The Bertz CT molecular complexity index is 659. The lowest BCUT2D eigenvalue weighted by Crippen LogP contribution is -2.60. The SMILES string of the molecule is CC(C)CC(NC(=O)C(NC(=O)C(CCC(N)=O)NC(=O)C(N)CS)C(C)O)C(=O)O. The maximum Gasteiger partial charge on any atom is 0.326 e. The van der Waals surface area contributed by atoms with Crippen LogP contribution in [-0.4, -0.2) is 75.8 Å². The van der Waals surface area contributed by atoms with Crippen molar-refractivity contribution in [2.75, 3.05) is 5.75 Å². The first-order chi connectivity index (χ1) is 14.3. The quantitative estimate of drug-likeness (QED) is 0.128. The first kappa shape index (κ1) is 28.6. The van der Waals surface area contributed by atoms with Crippen LogP contribution in [0.3, 0.4) is 0 Å². The summed E-state index contributed by atoms with van der Waals surface area (Å²) in [5.74, 6) is -4.51. The van der Waals surface area contributed by atoms with Crippen LogP contribution in [0.2, 0.25) is 0 Å². The van der Waals surface area contributed by atoms with E-state index < -0.39 is 59.9 Å². The van der Waals surface area contributed by atoms with E-state index >= 15 is 0 Å². The number of nitrogens with two attached hydrogens (primary N) is 2. The smallest absolute Gasteiger partial charge is 0.326 e.